The van der Waals surface area contributed by atoms with Gasteiger partial charge < -0.3 is 14.4 Å². The van der Waals surface area contributed by atoms with Crippen LogP contribution in [0.1, 0.15) is 13.3 Å². The highest BCUT2D eigenvalue weighted by molar-refractivity contribution is 5.78. The number of amides is 1. The Morgan fingerprint density at radius 1 is 1.47 bits per heavy atom. The Hall–Kier alpha value is -1.12. The summed E-state index contributed by atoms with van der Waals surface area (Å²) >= 11 is 0. The van der Waals surface area contributed by atoms with Crippen LogP contribution in [0.5, 0.6) is 0 Å². The van der Waals surface area contributed by atoms with Crippen LogP contribution in [-0.2, 0) is 14.3 Å². The van der Waals surface area contributed by atoms with Gasteiger partial charge in [0.2, 0.25) is 5.91 Å². The molecule has 0 rings (SSSR count). The van der Waals surface area contributed by atoms with Crippen molar-refractivity contribution in [1.29, 1.82) is 5.26 Å². The molecular formula is C10H18N2O3. The monoisotopic (exact) mass is 214 g/mol. The highest BCUT2D eigenvalue weighted by Gasteiger charge is 2.18. The number of nitriles is 1. The van der Waals surface area contributed by atoms with Gasteiger partial charge in [0.25, 0.3) is 0 Å². The molecular weight excluding hydrogens is 196 g/mol. The Balaban J connectivity index is 4.29. The maximum atomic E-state index is 11.6. The summed E-state index contributed by atoms with van der Waals surface area (Å²) in [4.78, 5) is 13.2. The highest BCUT2D eigenvalue weighted by Crippen LogP contribution is 2.02. The Labute approximate surface area is 90.6 Å². The minimum atomic E-state index is -0.181. The van der Waals surface area contributed by atoms with Gasteiger partial charge in [0.1, 0.15) is 6.42 Å². The lowest BCUT2D eigenvalue weighted by atomic mass is 10.2. The standard InChI is InChI=1S/C10H18N2O3/c1-9(8-15-3)12(6-7-14-2)10(13)4-5-11/h9H,4,6-8H2,1-3H3. The first kappa shape index (κ1) is 13.9. The van der Waals surface area contributed by atoms with E-state index in [4.69, 9.17) is 14.7 Å². The summed E-state index contributed by atoms with van der Waals surface area (Å²) < 4.78 is 9.89. The van der Waals surface area contributed by atoms with Gasteiger partial charge in [-0.15, -0.1) is 0 Å². The van der Waals surface area contributed by atoms with Gasteiger partial charge in [-0.2, -0.15) is 5.26 Å². The molecule has 0 fully saturated rings. The fraction of sp³-hybridized carbons (Fsp3) is 0.800. The average Bonchev–Trinajstić information content (AvgIpc) is 2.19. The zero-order valence-electron chi connectivity index (χ0n) is 9.52. The molecule has 0 aliphatic heterocycles. The smallest absolute Gasteiger partial charge is 0.237 e. The number of methoxy groups -OCH3 is 2. The van der Waals surface area contributed by atoms with E-state index in [1.54, 1.807) is 19.1 Å². The zero-order chi connectivity index (χ0) is 11.7. The van der Waals surface area contributed by atoms with E-state index >= 15 is 0 Å². The molecule has 0 radical (unpaired) electrons. The number of nitrogens with zero attached hydrogens (tertiary/aromatic N) is 2. The van der Waals surface area contributed by atoms with Crippen molar-refractivity contribution in [3.8, 4) is 6.07 Å². The molecule has 0 saturated heterocycles. The van der Waals surface area contributed by atoms with E-state index in [9.17, 15) is 4.79 Å². The van der Waals surface area contributed by atoms with Crippen LogP contribution in [0.2, 0.25) is 0 Å². The van der Waals surface area contributed by atoms with E-state index in [-0.39, 0.29) is 18.4 Å². The molecule has 0 saturated carbocycles. The van der Waals surface area contributed by atoms with E-state index in [0.717, 1.165) is 0 Å². The predicted octanol–water partition coefficient (Wildman–Crippen LogP) is 0.410. The summed E-state index contributed by atoms with van der Waals surface area (Å²) in [5, 5.41) is 8.46. The van der Waals surface area contributed by atoms with Crippen LogP contribution in [0.25, 0.3) is 0 Å². The van der Waals surface area contributed by atoms with Crippen molar-refractivity contribution in [3.63, 3.8) is 0 Å². The van der Waals surface area contributed by atoms with Crippen LogP contribution < -0.4 is 0 Å². The Bertz CT molecular complexity index is 225. The Morgan fingerprint density at radius 2 is 2.13 bits per heavy atom. The minimum absolute atomic E-state index is 0.0361. The third-order valence-corrected chi connectivity index (χ3v) is 2.03. The number of carbonyl (C=O) groups excluding carboxylic acids is 1. The second-order valence-electron chi connectivity index (χ2n) is 3.22. The first-order valence-corrected chi connectivity index (χ1v) is 4.81. The number of carbonyl (C=O) groups is 1. The topological polar surface area (TPSA) is 62.6 Å². The molecule has 1 atom stereocenters. The molecule has 5 nitrogen and oxygen atoms in total. The van der Waals surface area contributed by atoms with Crippen molar-refractivity contribution in [2.75, 3.05) is 34.0 Å². The van der Waals surface area contributed by atoms with E-state index in [2.05, 4.69) is 0 Å². The van der Waals surface area contributed by atoms with Crippen LogP contribution in [0.15, 0.2) is 0 Å². The second kappa shape index (κ2) is 8.21. The molecule has 5 heteroatoms. The van der Waals surface area contributed by atoms with Crippen molar-refractivity contribution < 1.29 is 14.3 Å². The highest BCUT2D eigenvalue weighted by atomic mass is 16.5. The number of hydrogen-bond donors (Lipinski definition) is 0. The molecule has 0 bridgehead atoms. The van der Waals surface area contributed by atoms with Gasteiger partial charge in [-0.3, -0.25) is 4.79 Å². The Morgan fingerprint density at radius 3 is 2.60 bits per heavy atom. The second-order valence-corrected chi connectivity index (χ2v) is 3.22. The van der Waals surface area contributed by atoms with Gasteiger partial charge in [-0.1, -0.05) is 0 Å². The summed E-state index contributed by atoms with van der Waals surface area (Å²) in [6.07, 6.45) is -0.0994. The third kappa shape index (κ3) is 5.35. The van der Waals surface area contributed by atoms with Crippen molar-refractivity contribution >= 4 is 5.91 Å². The van der Waals surface area contributed by atoms with E-state index < -0.39 is 0 Å². The van der Waals surface area contributed by atoms with E-state index in [0.29, 0.717) is 19.8 Å². The van der Waals surface area contributed by atoms with Crippen LogP contribution in [0, 0.1) is 11.3 Å². The van der Waals surface area contributed by atoms with Gasteiger partial charge in [-0.25, -0.2) is 0 Å². The van der Waals surface area contributed by atoms with Crippen molar-refractivity contribution in [1.82, 2.24) is 4.90 Å². The normalized spacial score (nSPS) is 11.9. The Kier molecular flexibility index (Phi) is 7.60. The lowest BCUT2D eigenvalue weighted by Crippen LogP contribution is -2.42. The molecule has 1 amide bonds. The molecule has 0 spiro atoms. The first-order valence-electron chi connectivity index (χ1n) is 4.81. The van der Waals surface area contributed by atoms with Gasteiger partial charge in [0.15, 0.2) is 0 Å². The fourth-order valence-electron chi connectivity index (χ4n) is 1.28. The SMILES string of the molecule is COCCN(C(=O)CC#N)C(C)COC. The quantitative estimate of drug-likeness (QED) is 0.615. The van der Waals surface area contributed by atoms with Gasteiger partial charge in [0.05, 0.1) is 25.3 Å². The first-order chi connectivity index (χ1) is 7.17. The summed E-state index contributed by atoms with van der Waals surface area (Å²) in [6.45, 7) is 3.29. The minimum Gasteiger partial charge on any atom is -0.383 e. The van der Waals surface area contributed by atoms with Crippen molar-refractivity contribution in [2.24, 2.45) is 0 Å². The molecule has 0 aromatic carbocycles. The van der Waals surface area contributed by atoms with Crippen molar-refractivity contribution in [2.45, 2.75) is 19.4 Å². The maximum absolute atomic E-state index is 11.6. The fourth-order valence-corrected chi connectivity index (χ4v) is 1.28. The maximum Gasteiger partial charge on any atom is 0.237 e. The van der Waals surface area contributed by atoms with Gasteiger partial charge >= 0.3 is 0 Å². The van der Waals surface area contributed by atoms with Gasteiger partial charge in [0, 0.05) is 20.8 Å². The molecule has 86 valence electrons. The average molecular weight is 214 g/mol. The lowest BCUT2D eigenvalue weighted by molar-refractivity contribution is -0.133. The third-order valence-electron chi connectivity index (χ3n) is 2.03. The summed E-state index contributed by atoms with van der Waals surface area (Å²) in [5.74, 6) is -0.181. The molecule has 0 heterocycles. The summed E-state index contributed by atoms with van der Waals surface area (Å²) in [5.41, 5.74) is 0. The lowest BCUT2D eigenvalue weighted by Gasteiger charge is -2.27. The van der Waals surface area contributed by atoms with E-state index in [1.807, 2.05) is 13.0 Å². The molecule has 0 aromatic rings. The molecule has 0 aliphatic carbocycles. The largest absolute Gasteiger partial charge is 0.383 e. The van der Waals surface area contributed by atoms with Crippen LogP contribution in [0.3, 0.4) is 0 Å². The van der Waals surface area contributed by atoms with Crippen molar-refractivity contribution in [3.05, 3.63) is 0 Å². The number of ether oxygens (including phenoxy) is 2. The van der Waals surface area contributed by atoms with Gasteiger partial charge in [-0.05, 0) is 6.92 Å². The van der Waals surface area contributed by atoms with Crippen LogP contribution in [0.4, 0.5) is 0 Å². The number of rotatable bonds is 7. The molecule has 1 unspecified atom stereocenters. The summed E-state index contributed by atoms with van der Waals surface area (Å²) in [7, 11) is 3.16. The molecule has 15 heavy (non-hydrogen) atoms. The molecule has 0 aromatic heterocycles. The van der Waals surface area contributed by atoms with Crippen LogP contribution >= 0.6 is 0 Å². The zero-order valence-corrected chi connectivity index (χ0v) is 9.52. The predicted molar refractivity (Wildman–Crippen MR) is 55.2 cm³/mol. The number of hydrogen-bond acceptors (Lipinski definition) is 4. The van der Waals surface area contributed by atoms with E-state index in [1.165, 1.54) is 0 Å². The molecule has 0 aliphatic rings. The molecule has 0 N–H and O–H groups in total. The van der Waals surface area contributed by atoms with Crippen LogP contribution in [-0.4, -0.2) is 50.8 Å². The summed E-state index contributed by atoms with van der Waals surface area (Å²) in [6, 6.07) is 1.81.